The number of esters is 1. The summed E-state index contributed by atoms with van der Waals surface area (Å²) >= 11 is 7.69. The van der Waals surface area contributed by atoms with Gasteiger partial charge in [-0.05, 0) is 34.1 Å². The van der Waals surface area contributed by atoms with Crippen molar-refractivity contribution in [2.24, 2.45) is 0 Å². The lowest BCUT2D eigenvalue weighted by molar-refractivity contribution is -0.117. The molecule has 1 aliphatic heterocycles. The number of carbonyl (C=O) groups excluding carboxylic acids is 2. The van der Waals surface area contributed by atoms with Gasteiger partial charge in [-0.2, -0.15) is 12.6 Å². The van der Waals surface area contributed by atoms with E-state index in [1.807, 2.05) is 0 Å². The zero-order valence-corrected chi connectivity index (χ0v) is 12.2. The van der Waals surface area contributed by atoms with Crippen LogP contribution in [0, 0.1) is 0 Å². The highest BCUT2D eigenvalue weighted by Gasteiger charge is 2.29. The van der Waals surface area contributed by atoms with E-state index in [0.717, 1.165) is 5.69 Å². The minimum absolute atomic E-state index is 0.0431. The van der Waals surface area contributed by atoms with Gasteiger partial charge in [-0.25, -0.2) is 4.79 Å². The Hall–Kier alpha value is -1.01. The lowest BCUT2D eigenvalue weighted by Gasteiger charge is -2.18. The Balaban J connectivity index is 2.30. The number of carbonyl (C=O) groups is 2. The van der Waals surface area contributed by atoms with Gasteiger partial charge >= 0.3 is 5.97 Å². The molecule has 0 aliphatic carbocycles. The minimum Gasteiger partial charge on any atom is -0.465 e. The Morgan fingerprint density at radius 3 is 2.78 bits per heavy atom. The third kappa shape index (κ3) is 2.54. The molecule has 0 bridgehead atoms. The Bertz CT molecular complexity index is 506. The number of methoxy groups -OCH3 is 1. The van der Waals surface area contributed by atoms with E-state index in [1.165, 1.54) is 7.11 Å². The third-order valence-corrected chi connectivity index (χ3v) is 3.75. The van der Waals surface area contributed by atoms with Gasteiger partial charge in [0.05, 0.1) is 18.4 Å². The smallest absolute Gasteiger partial charge is 0.337 e. The molecule has 0 radical (unpaired) electrons. The first kappa shape index (κ1) is 13.4. The SMILES string of the molecule is COC(=O)c1ccc(N2CC(S)CC2=O)c(Br)c1. The lowest BCUT2D eigenvalue weighted by Crippen LogP contribution is -2.25. The molecule has 1 atom stereocenters. The van der Waals surface area contributed by atoms with Crippen LogP contribution in [0.5, 0.6) is 0 Å². The minimum atomic E-state index is -0.401. The third-order valence-electron chi connectivity index (χ3n) is 2.76. The van der Waals surface area contributed by atoms with Crippen LogP contribution in [0.25, 0.3) is 0 Å². The van der Waals surface area contributed by atoms with E-state index in [-0.39, 0.29) is 11.2 Å². The van der Waals surface area contributed by atoms with Crippen molar-refractivity contribution in [2.75, 3.05) is 18.6 Å². The summed E-state index contributed by atoms with van der Waals surface area (Å²) in [7, 11) is 1.33. The van der Waals surface area contributed by atoms with Crippen LogP contribution in [0.15, 0.2) is 22.7 Å². The molecule has 6 heteroatoms. The van der Waals surface area contributed by atoms with Crippen molar-refractivity contribution in [3.8, 4) is 0 Å². The molecular formula is C12H12BrNO3S. The Labute approximate surface area is 119 Å². The van der Waals surface area contributed by atoms with Crippen LogP contribution in [0.4, 0.5) is 5.69 Å². The average Bonchev–Trinajstić information content (AvgIpc) is 2.67. The first-order valence-electron chi connectivity index (χ1n) is 5.39. The number of thiol groups is 1. The van der Waals surface area contributed by atoms with E-state index in [4.69, 9.17) is 0 Å². The lowest BCUT2D eigenvalue weighted by atomic mass is 10.2. The maximum atomic E-state index is 11.8. The maximum Gasteiger partial charge on any atom is 0.337 e. The summed E-state index contributed by atoms with van der Waals surface area (Å²) in [5.74, 6) is -0.358. The summed E-state index contributed by atoms with van der Waals surface area (Å²) in [6, 6.07) is 5.03. The molecule has 1 saturated heterocycles. The van der Waals surface area contributed by atoms with Gasteiger partial charge in [0.1, 0.15) is 0 Å². The highest BCUT2D eigenvalue weighted by atomic mass is 79.9. The molecule has 1 fully saturated rings. The van der Waals surface area contributed by atoms with E-state index >= 15 is 0 Å². The largest absolute Gasteiger partial charge is 0.465 e. The van der Waals surface area contributed by atoms with Gasteiger partial charge in [-0.3, -0.25) is 4.79 Å². The Morgan fingerprint density at radius 2 is 2.28 bits per heavy atom. The second-order valence-corrected chi connectivity index (χ2v) is 5.60. The predicted molar refractivity (Wildman–Crippen MR) is 75.2 cm³/mol. The molecule has 1 aliphatic rings. The average molecular weight is 330 g/mol. The van der Waals surface area contributed by atoms with Gasteiger partial charge in [0.2, 0.25) is 5.91 Å². The number of halogens is 1. The van der Waals surface area contributed by atoms with Crippen molar-refractivity contribution in [3.05, 3.63) is 28.2 Å². The van der Waals surface area contributed by atoms with Crippen molar-refractivity contribution in [3.63, 3.8) is 0 Å². The fourth-order valence-corrected chi connectivity index (χ4v) is 2.80. The van der Waals surface area contributed by atoms with Gasteiger partial charge in [0, 0.05) is 22.7 Å². The summed E-state index contributed by atoms with van der Waals surface area (Å²) in [5, 5.41) is 0.0599. The first-order chi connectivity index (χ1) is 8.52. The standard InChI is InChI=1S/C12H12BrNO3S/c1-17-12(16)7-2-3-10(9(13)4-7)14-6-8(18)5-11(14)15/h2-4,8,18H,5-6H2,1H3. The number of hydrogen-bond donors (Lipinski definition) is 1. The molecule has 0 saturated carbocycles. The van der Waals surface area contributed by atoms with Crippen molar-refractivity contribution < 1.29 is 14.3 Å². The summed E-state index contributed by atoms with van der Waals surface area (Å²) in [6.45, 7) is 0.581. The molecule has 1 aromatic rings. The van der Waals surface area contributed by atoms with Crippen LogP contribution in [0.3, 0.4) is 0 Å². The monoisotopic (exact) mass is 329 g/mol. The topological polar surface area (TPSA) is 46.6 Å². The highest BCUT2D eigenvalue weighted by molar-refractivity contribution is 9.10. The maximum absolute atomic E-state index is 11.8. The highest BCUT2D eigenvalue weighted by Crippen LogP contribution is 2.31. The molecule has 18 heavy (non-hydrogen) atoms. The molecule has 0 aromatic heterocycles. The molecule has 1 heterocycles. The van der Waals surface area contributed by atoms with Crippen molar-refractivity contribution in [2.45, 2.75) is 11.7 Å². The zero-order valence-electron chi connectivity index (χ0n) is 9.72. The number of hydrogen-bond acceptors (Lipinski definition) is 4. The van der Waals surface area contributed by atoms with Crippen LogP contribution >= 0.6 is 28.6 Å². The molecular weight excluding hydrogens is 318 g/mol. The first-order valence-corrected chi connectivity index (χ1v) is 6.70. The Morgan fingerprint density at radius 1 is 1.56 bits per heavy atom. The van der Waals surface area contributed by atoms with Crippen molar-refractivity contribution >= 4 is 46.1 Å². The number of nitrogens with zero attached hydrogens (tertiary/aromatic N) is 1. The van der Waals surface area contributed by atoms with Crippen LogP contribution in [-0.4, -0.2) is 30.8 Å². The molecule has 2 rings (SSSR count). The summed E-state index contributed by atoms with van der Waals surface area (Å²) < 4.78 is 5.34. The van der Waals surface area contributed by atoms with Gasteiger partial charge < -0.3 is 9.64 Å². The molecule has 1 unspecified atom stereocenters. The molecule has 0 N–H and O–H groups in total. The second-order valence-electron chi connectivity index (χ2n) is 4.02. The van der Waals surface area contributed by atoms with E-state index in [9.17, 15) is 9.59 Å². The molecule has 1 amide bonds. The summed E-state index contributed by atoms with van der Waals surface area (Å²) in [5.41, 5.74) is 1.20. The fourth-order valence-electron chi connectivity index (χ4n) is 1.89. The number of rotatable bonds is 2. The second kappa shape index (κ2) is 5.32. The summed E-state index contributed by atoms with van der Waals surface area (Å²) in [6.07, 6.45) is 0.439. The number of ether oxygens (including phenoxy) is 1. The number of benzene rings is 1. The molecule has 0 spiro atoms. The normalized spacial score (nSPS) is 19.2. The van der Waals surface area contributed by atoms with Gasteiger partial charge in [0.15, 0.2) is 0 Å². The zero-order chi connectivity index (χ0) is 13.3. The van der Waals surface area contributed by atoms with Gasteiger partial charge in [0.25, 0.3) is 0 Å². The van der Waals surface area contributed by atoms with Crippen LogP contribution < -0.4 is 4.90 Å². The number of amides is 1. The van der Waals surface area contributed by atoms with Crippen LogP contribution in [0.1, 0.15) is 16.8 Å². The van der Waals surface area contributed by atoms with E-state index in [1.54, 1.807) is 23.1 Å². The van der Waals surface area contributed by atoms with Crippen LogP contribution in [-0.2, 0) is 9.53 Å². The number of anilines is 1. The predicted octanol–water partition coefficient (Wildman–Crippen LogP) is 2.27. The van der Waals surface area contributed by atoms with Crippen molar-refractivity contribution in [1.82, 2.24) is 0 Å². The molecule has 96 valence electrons. The van der Waals surface area contributed by atoms with E-state index < -0.39 is 5.97 Å². The fraction of sp³-hybridized carbons (Fsp3) is 0.333. The molecule has 1 aromatic carbocycles. The van der Waals surface area contributed by atoms with E-state index in [0.29, 0.717) is 23.0 Å². The quantitative estimate of drug-likeness (QED) is 0.668. The van der Waals surface area contributed by atoms with E-state index in [2.05, 4.69) is 33.3 Å². The van der Waals surface area contributed by atoms with Crippen molar-refractivity contribution in [1.29, 1.82) is 0 Å². The van der Waals surface area contributed by atoms with Gasteiger partial charge in [-0.15, -0.1) is 0 Å². The summed E-state index contributed by atoms with van der Waals surface area (Å²) in [4.78, 5) is 24.8. The van der Waals surface area contributed by atoms with Gasteiger partial charge in [-0.1, -0.05) is 0 Å². The Kier molecular flexibility index (Phi) is 3.97. The van der Waals surface area contributed by atoms with Crippen LogP contribution in [0.2, 0.25) is 0 Å². The molecule has 4 nitrogen and oxygen atoms in total.